The van der Waals surface area contributed by atoms with Gasteiger partial charge in [-0.15, -0.1) is 0 Å². The molecule has 0 fully saturated rings. The number of anilines is 2. The Morgan fingerprint density at radius 1 is 0.810 bits per heavy atom. The SMILES string of the molecule is CC(C)=O.COc1ccc(N)c(F)c1Br.COc1ccc(NC(C)C)c(F)c1Br.COc1ccc([N+](=O)[O-])c(F)c1Br. The van der Waals surface area contributed by atoms with E-state index in [4.69, 9.17) is 19.9 Å². The maximum Gasteiger partial charge on any atom is 0.306 e. The predicted molar refractivity (Wildman–Crippen MR) is 168 cm³/mol. The number of halogens is 6. The third kappa shape index (κ3) is 12.4. The molecule has 3 aromatic rings. The molecule has 42 heavy (non-hydrogen) atoms. The molecule has 0 aromatic heterocycles. The quantitative estimate of drug-likeness (QED) is 0.144. The first-order chi connectivity index (χ1) is 19.5. The first-order valence-corrected chi connectivity index (χ1v) is 14.1. The van der Waals surface area contributed by atoms with Crippen LogP contribution in [0.1, 0.15) is 27.7 Å². The van der Waals surface area contributed by atoms with Crippen LogP contribution in [0.4, 0.5) is 30.2 Å². The number of rotatable bonds is 6. The van der Waals surface area contributed by atoms with Crippen LogP contribution in [0.3, 0.4) is 0 Å². The Morgan fingerprint density at radius 3 is 1.60 bits per heavy atom. The van der Waals surface area contributed by atoms with Crippen molar-refractivity contribution in [1.82, 2.24) is 0 Å². The van der Waals surface area contributed by atoms with Gasteiger partial charge in [-0.2, -0.15) is 4.39 Å². The number of methoxy groups -OCH3 is 3. The number of ether oxygens (including phenoxy) is 3. The number of ketones is 1. The van der Waals surface area contributed by atoms with Crippen molar-refractivity contribution in [2.24, 2.45) is 0 Å². The lowest BCUT2D eigenvalue weighted by Gasteiger charge is -2.13. The van der Waals surface area contributed by atoms with E-state index >= 15 is 0 Å². The average Bonchev–Trinajstić information content (AvgIpc) is 2.92. The standard InChI is InChI=1S/C10H13BrFNO.C7H5BrFNO3.C7H7BrFNO.C3H6O/c1-6(2)13-7-4-5-8(14-3)9(11)10(7)12;1-13-5-3-2-4(10(11)12)7(9)6(5)8;1-11-5-3-2-4(10)7(9)6(5)8;1-3(2)4/h4-6,13H,1-3H3;2-3H,1H3;2-3H,10H2,1H3;1-2H3. The fraction of sp³-hybridized carbons (Fsp3) is 0.296. The molecule has 0 bridgehead atoms. The highest BCUT2D eigenvalue weighted by atomic mass is 79.9. The van der Waals surface area contributed by atoms with Crippen LogP contribution < -0.4 is 25.3 Å². The molecule has 15 heteroatoms. The Morgan fingerprint density at radius 2 is 1.19 bits per heavy atom. The Labute approximate surface area is 267 Å². The van der Waals surface area contributed by atoms with Gasteiger partial charge in [0, 0.05) is 12.1 Å². The van der Waals surface area contributed by atoms with Crippen molar-refractivity contribution in [3.8, 4) is 17.2 Å². The highest BCUT2D eigenvalue weighted by Crippen LogP contribution is 2.34. The summed E-state index contributed by atoms with van der Waals surface area (Å²) in [6, 6.07) is 9.02. The number of nitrogen functional groups attached to an aromatic ring is 1. The van der Waals surface area contributed by atoms with Crippen LogP contribution in [0.25, 0.3) is 0 Å². The first kappa shape index (κ1) is 39.0. The number of carbonyl (C=O) groups excluding carboxylic acids is 1. The zero-order chi connectivity index (χ0) is 32.7. The second-order valence-corrected chi connectivity index (χ2v) is 10.7. The minimum Gasteiger partial charge on any atom is -0.495 e. The molecule has 0 aliphatic carbocycles. The molecule has 0 atom stereocenters. The summed E-state index contributed by atoms with van der Waals surface area (Å²) in [6.45, 7) is 6.97. The molecule has 232 valence electrons. The zero-order valence-electron chi connectivity index (χ0n) is 23.8. The number of hydrogen-bond acceptors (Lipinski definition) is 8. The smallest absolute Gasteiger partial charge is 0.306 e. The van der Waals surface area contributed by atoms with E-state index in [9.17, 15) is 28.1 Å². The van der Waals surface area contributed by atoms with Crippen molar-refractivity contribution >= 4 is 70.6 Å². The van der Waals surface area contributed by atoms with E-state index in [0.29, 0.717) is 21.7 Å². The van der Waals surface area contributed by atoms with Crippen LogP contribution in [0.2, 0.25) is 0 Å². The van der Waals surface area contributed by atoms with E-state index in [-0.39, 0.29) is 38.0 Å². The number of carbonyl (C=O) groups is 1. The Balaban J connectivity index is 0.000000567. The lowest BCUT2D eigenvalue weighted by atomic mass is 10.2. The molecule has 0 heterocycles. The molecule has 0 unspecified atom stereocenters. The number of nitro groups is 1. The van der Waals surface area contributed by atoms with Crippen LogP contribution in [0.5, 0.6) is 17.2 Å². The minimum atomic E-state index is -0.927. The number of hydrogen-bond donors (Lipinski definition) is 2. The van der Waals surface area contributed by atoms with Gasteiger partial charge in [-0.25, -0.2) is 8.78 Å². The maximum absolute atomic E-state index is 13.6. The van der Waals surface area contributed by atoms with Gasteiger partial charge in [0.05, 0.1) is 46.6 Å². The molecule has 0 spiro atoms. The van der Waals surface area contributed by atoms with E-state index in [2.05, 4.69) is 53.1 Å². The predicted octanol–water partition coefficient (Wildman–Crippen LogP) is 8.70. The van der Waals surface area contributed by atoms with Crippen LogP contribution in [-0.2, 0) is 4.79 Å². The number of nitrogens with two attached hydrogens (primary N) is 1. The second kappa shape index (κ2) is 19.2. The van der Waals surface area contributed by atoms with E-state index < -0.39 is 22.2 Å². The van der Waals surface area contributed by atoms with E-state index in [1.165, 1.54) is 47.3 Å². The normalized spacial score (nSPS) is 9.67. The summed E-state index contributed by atoms with van der Waals surface area (Å²) < 4.78 is 54.8. The second-order valence-electron chi connectivity index (χ2n) is 8.31. The molecule has 0 radical (unpaired) electrons. The molecule has 3 N–H and O–H groups in total. The fourth-order valence-electron chi connectivity index (χ4n) is 2.64. The van der Waals surface area contributed by atoms with E-state index in [0.717, 1.165) is 6.07 Å². The van der Waals surface area contributed by atoms with Crippen molar-refractivity contribution in [3.63, 3.8) is 0 Å². The van der Waals surface area contributed by atoms with Gasteiger partial charge in [0.15, 0.2) is 11.6 Å². The van der Waals surface area contributed by atoms with Crippen LogP contribution in [-0.4, -0.2) is 38.1 Å². The Bertz CT molecular complexity index is 1360. The van der Waals surface area contributed by atoms with Crippen LogP contribution in [0, 0.1) is 27.6 Å². The minimum absolute atomic E-state index is 0.0378. The van der Waals surface area contributed by atoms with Crippen molar-refractivity contribution < 1.29 is 37.1 Å². The van der Waals surface area contributed by atoms with Crippen molar-refractivity contribution in [3.05, 3.63) is 77.4 Å². The van der Waals surface area contributed by atoms with Crippen LogP contribution >= 0.6 is 47.8 Å². The summed E-state index contributed by atoms with van der Waals surface area (Å²) >= 11 is 9.01. The lowest BCUT2D eigenvalue weighted by Crippen LogP contribution is -2.11. The van der Waals surface area contributed by atoms with Crippen molar-refractivity contribution in [1.29, 1.82) is 0 Å². The monoisotopic (exact) mass is 787 g/mol. The molecular weight excluding hydrogens is 759 g/mol. The molecule has 0 amide bonds. The molecule has 0 saturated heterocycles. The largest absolute Gasteiger partial charge is 0.495 e. The molecular formula is C27H31Br3F3N3O6. The summed E-state index contributed by atoms with van der Waals surface area (Å²) in [5.41, 5.74) is 5.30. The molecule has 0 saturated carbocycles. The maximum atomic E-state index is 13.6. The fourth-order valence-corrected chi connectivity index (χ4v) is 4.16. The van der Waals surface area contributed by atoms with Gasteiger partial charge in [0.1, 0.15) is 27.5 Å². The summed E-state index contributed by atoms with van der Waals surface area (Å²) in [5.74, 6) is -0.400. The number of Topliss-reactive ketones (excluding diaryl/α,β-unsaturated/α-hetero) is 1. The zero-order valence-corrected chi connectivity index (χ0v) is 28.5. The van der Waals surface area contributed by atoms with Gasteiger partial charge in [-0.05, 0) is 106 Å². The topological polar surface area (TPSA) is 126 Å². The van der Waals surface area contributed by atoms with Crippen molar-refractivity contribution in [2.75, 3.05) is 32.4 Å². The third-order valence-corrected chi connectivity index (χ3v) is 6.67. The molecule has 9 nitrogen and oxygen atoms in total. The van der Waals surface area contributed by atoms with Gasteiger partial charge in [-0.1, -0.05) is 0 Å². The van der Waals surface area contributed by atoms with Gasteiger partial charge >= 0.3 is 5.69 Å². The van der Waals surface area contributed by atoms with E-state index in [1.54, 1.807) is 18.2 Å². The number of nitrogens with zero attached hydrogens (tertiary/aromatic N) is 1. The Hall–Kier alpha value is -3.04. The summed E-state index contributed by atoms with van der Waals surface area (Å²) in [7, 11) is 4.33. The van der Waals surface area contributed by atoms with Crippen molar-refractivity contribution in [2.45, 2.75) is 33.7 Å². The summed E-state index contributed by atoms with van der Waals surface area (Å²) in [5, 5.41) is 13.3. The molecule has 3 rings (SSSR count). The Kier molecular flexibility index (Phi) is 17.8. The molecule has 0 aliphatic heterocycles. The number of nitro benzene ring substituents is 1. The average molecular weight is 790 g/mol. The third-order valence-electron chi connectivity index (χ3n) is 4.45. The number of benzene rings is 3. The lowest BCUT2D eigenvalue weighted by molar-refractivity contribution is -0.387. The first-order valence-electron chi connectivity index (χ1n) is 11.7. The number of nitrogens with one attached hydrogen (secondary N) is 1. The molecule has 3 aromatic carbocycles. The van der Waals surface area contributed by atoms with Gasteiger partial charge in [0.2, 0.25) is 5.82 Å². The van der Waals surface area contributed by atoms with Gasteiger partial charge in [-0.3, -0.25) is 10.1 Å². The van der Waals surface area contributed by atoms with Gasteiger partial charge < -0.3 is 30.1 Å². The highest BCUT2D eigenvalue weighted by molar-refractivity contribution is 9.11. The highest BCUT2D eigenvalue weighted by Gasteiger charge is 2.19. The van der Waals surface area contributed by atoms with Crippen LogP contribution in [0.15, 0.2) is 49.8 Å². The van der Waals surface area contributed by atoms with Gasteiger partial charge in [0.25, 0.3) is 0 Å². The summed E-state index contributed by atoms with van der Waals surface area (Å²) in [6.07, 6.45) is 0. The molecule has 0 aliphatic rings. The summed E-state index contributed by atoms with van der Waals surface area (Å²) in [4.78, 5) is 18.9. The van der Waals surface area contributed by atoms with E-state index in [1.807, 2.05) is 13.8 Å².